The second kappa shape index (κ2) is 9.99. The van der Waals surface area contributed by atoms with Crippen molar-refractivity contribution in [1.29, 1.82) is 0 Å². The predicted octanol–water partition coefficient (Wildman–Crippen LogP) is 3.21. The number of halogens is 1. The zero-order valence-corrected chi connectivity index (χ0v) is 17.1. The molecule has 2 atom stereocenters. The summed E-state index contributed by atoms with van der Waals surface area (Å²) in [5.74, 6) is 0.580. The van der Waals surface area contributed by atoms with Crippen molar-refractivity contribution < 1.29 is 14.3 Å². The molecule has 1 saturated heterocycles. The zero-order chi connectivity index (χ0) is 18.2. The molecule has 6 heteroatoms. The van der Waals surface area contributed by atoms with Crippen molar-refractivity contribution in [3.8, 4) is 5.75 Å². The topological polar surface area (TPSA) is 58.6 Å². The van der Waals surface area contributed by atoms with E-state index in [1.807, 2.05) is 31.2 Å². The number of hydrogen-bond donors (Lipinski definition) is 1. The molecule has 5 nitrogen and oxygen atoms in total. The molecule has 0 radical (unpaired) electrons. The molecule has 2 rings (SSSR count). The van der Waals surface area contributed by atoms with Crippen LogP contribution in [0, 0.1) is 9.49 Å². The average Bonchev–Trinajstić information content (AvgIpc) is 2.61. The highest BCUT2D eigenvalue weighted by Crippen LogP contribution is 2.22. The van der Waals surface area contributed by atoms with Crippen LogP contribution >= 0.6 is 22.6 Å². The van der Waals surface area contributed by atoms with Crippen molar-refractivity contribution in [3.05, 3.63) is 27.8 Å². The number of ether oxygens (including phenoxy) is 1. The van der Waals surface area contributed by atoms with E-state index in [9.17, 15) is 9.59 Å². The van der Waals surface area contributed by atoms with Crippen LogP contribution in [0.1, 0.15) is 39.5 Å². The lowest BCUT2D eigenvalue weighted by Crippen LogP contribution is -2.50. The number of rotatable bonds is 7. The molecule has 0 bridgehead atoms. The van der Waals surface area contributed by atoms with E-state index in [0.29, 0.717) is 18.8 Å². The third kappa shape index (κ3) is 6.17. The van der Waals surface area contributed by atoms with Crippen molar-refractivity contribution in [2.24, 2.45) is 5.92 Å². The number of nitrogens with zero attached hydrogens (tertiary/aromatic N) is 1. The van der Waals surface area contributed by atoms with Gasteiger partial charge in [0.25, 0.3) is 5.91 Å². The second-order valence-corrected chi connectivity index (χ2v) is 7.80. The Morgan fingerprint density at radius 1 is 1.28 bits per heavy atom. The highest BCUT2D eigenvalue weighted by Gasteiger charge is 2.32. The number of unbranched alkanes of at least 4 members (excludes halogenated alkanes) is 1. The molecule has 138 valence electrons. The molecule has 2 amide bonds. The first-order valence-corrected chi connectivity index (χ1v) is 10.0. The summed E-state index contributed by atoms with van der Waals surface area (Å²) in [5.41, 5.74) is 0. The highest BCUT2D eigenvalue weighted by atomic mass is 127. The van der Waals surface area contributed by atoms with Gasteiger partial charge in [0.05, 0.1) is 5.92 Å². The lowest BCUT2D eigenvalue weighted by Gasteiger charge is -2.37. The molecular formula is C19H27IN2O3. The number of piperidine rings is 1. The smallest absolute Gasteiger partial charge is 0.260 e. The molecule has 25 heavy (non-hydrogen) atoms. The largest absolute Gasteiger partial charge is 0.484 e. The third-order valence-electron chi connectivity index (χ3n) is 4.58. The molecule has 0 saturated carbocycles. The minimum atomic E-state index is -0.115. The molecule has 1 heterocycles. The monoisotopic (exact) mass is 458 g/mol. The van der Waals surface area contributed by atoms with Gasteiger partial charge in [0.1, 0.15) is 5.75 Å². The van der Waals surface area contributed by atoms with Crippen LogP contribution < -0.4 is 10.1 Å². The fraction of sp³-hybridized carbons (Fsp3) is 0.579. The summed E-state index contributed by atoms with van der Waals surface area (Å²) in [6.45, 7) is 5.34. The minimum absolute atomic E-state index is 0.00903. The van der Waals surface area contributed by atoms with Crippen molar-refractivity contribution in [1.82, 2.24) is 10.2 Å². The van der Waals surface area contributed by atoms with E-state index in [1.54, 1.807) is 4.90 Å². The standard InChI is InChI=1S/C19H27IN2O3/c1-3-4-11-21-19(24)15-6-5-14(2)22(12-15)18(23)13-25-17-9-7-16(20)8-10-17/h7-10,14-15H,3-6,11-13H2,1-2H3,(H,21,24). The van der Waals surface area contributed by atoms with Crippen molar-refractivity contribution in [3.63, 3.8) is 0 Å². The third-order valence-corrected chi connectivity index (χ3v) is 5.30. The van der Waals surface area contributed by atoms with Gasteiger partial charge in [0, 0.05) is 22.7 Å². The molecule has 2 unspecified atom stereocenters. The van der Waals surface area contributed by atoms with Crippen LogP contribution in [0.25, 0.3) is 0 Å². The Hall–Kier alpha value is -1.31. The fourth-order valence-corrected chi connectivity index (χ4v) is 3.32. The van der Waals surface area contributed by atoms with E-state index in [-0.39, 0.29) is 30.4 Å². The van der Waals surface area contributed by atoms with Gasteiger partial charge in [-0.05, 0) is 73.0 Å². The first-order valence-electron chi connectivity index (χ1n) is 8.96. The van der Waals surface area contributed by atoms with Gasteiger partial charge in [0.2, 0.25) is 5.91 Å². The maximum Gasteiger partial charge on any atom is 0.260 e. The Morgan fingerprint density at radius 2 is 2.00 bits per heavy atom. The van der Waals surface area contributed by atoms with Crippen molar-refractivity contribution in [2.45, 2.75) is 45.6 Å². The van der Waals surface area contributed by atoms with Gasteiger partial charge in [-0.1, -0.05) is 13.3 Å². The van der Waals surface area contributed by atoms with Crippen molar-refractivity contribution in [2.75, 3.05) is 19.7 Å². The van der Waals surface area contributed by atoms with E-state index in [4.69, 9.17) is 4.74 Å². The maximum absolute atomic E-state index is 12.5. The molecule has 0 spiro atoms. The van der Waals surface area contributed by atoms with Crippen LogP contribution in [0.5, 0.6) is 5.75 Å². The SMILES string of the molecule is CCCCNC(=O)C1CCC(C)N(C(=O)COc2ccc(I)cc2)C1. The van der Waals surface area contributed by atoms with E-state index in [1.165, 1.54) is 0 Å². The highest BCUT2D eigenvalue weighted by molar-refractivity contribution is 14.1. The van der Waals surface area contributed by atoms with E-state index in [2.05, 4.69) is 34.8 Å². The van der Waals surface area contributed by atoms with E-state index in [0.717, 1.165) is 29.3 Å². The average molecular weight is 458 g/mol. The summed E-state index contributed by atoms with van der Waals surface area (Å²) in [5, 5.41) is 2.98. The molecule has 0 aliphatic carbocycles. The van der Waals surface area contributed by atoms with Gasteiger partial charge in [-0.25, -0.2) is 0 Å². The van der Waals surface area contributed by atoms with Crippen LogP contribution in [-0.2, 0) is 9.59 Å². The van der Waals surface area contributed by atoms with Crippen molar-refractivity contribution >= 4 is 34.4 Å². The van der Waals surface area contributed by atoms with Gasteiger partial charge in [-0.3, -0.25) is 9.59 Å². The minimum Gasteiger partial charge on any atom is -0.484 e. The van der Waals surface area contributed by atoms with Gasteiger partial charge >= 0.3 is 0 Å². The predicted molar refractivity (Wildman–Crippen MR) is 106 cm³/mol. The quantitative estimate of drug-likeness (QED) is 0.505. The Kier molecular flexibility index (Phi) is 7.99. The van der Waals surface area contributed by atoms with Crippen LogP contribution in [0.2, 0.25) is 0 Å². The van der Waals surface area contributed by atoms with E-state index < -0.39 is 0 Å². The van der Waals surface area contributed by atoms with E-state index >= 15 is 0 Å². The maximum atomic E-state index is 12.5. The normalized spacial score (nSPS) is 20.2. The molecule has 1 fully saturated rings. The number of carbonyl (C=O) groups excluding carboxylic acids is 2. The number of benzene rings is 1. The number of nitrogens with one attached hydrogen (secondary N) is 1. The first kappa shape index (κ1) is 20.0. The van der Waals surface area contributed by atoms with Crippen LogP contribution in [0.15, 0.2) is 24.3 Å². The van der Waals surface area contributed by atoms with Crippen LogP contribution in [0.4, 0.5) is 0 Å². The molecule has 1 N–H and O–H groups in total. The summed E-state index contributed by atoms with van der Waals surface area (Å²) in [7, 11) is 0. The summed E-state index contributed by atoms with van der Waals surface area (Å²) in [6.07, 6.45) is 3.73. The van der Waals surface area contributed by atoms with Crippen LogP contribution in [-0.4, -0.2) is 42.5 Å². The van der Waals surface area contributed by atoms with Gasteiger partial charge in [-0.2, -0.15) is 0 Å². The van der Waals surface area contributed by atoms with Gasteiger partial charge < -0.3 is 15.0 Å². The lowest BCUT2D eigenvalue weighted by molar-refractivity contribution is -0.140. The lowest BCUT2D eigenvalue weighted by atomic mass is 9.92. The first-order chi connectivity index (χ1) is 12.0. The van der Waals surface area contributed by atoms with Crippen LogP contribution in [0.3, 0.4) is 0 Å². The molecule has 0 aromatic heterocycles. The fourth-order valence-electron chi connectivity index (χ4n) is 2.96. The Balaban J connectivity index is 1.86. The molecular weight excluding hydrogens is 431 g/mol. The molecule has 1 aliphatic rings. The summed E-state index contributed by atoms with van der Waals surface area (Å²) < 4.78 is 6.73. The van der Waals surface area contributed by atoms with Gasteiger partial charge in [-0.15, -0.1) is 0 Å². The summed E-state index contributed by atoms with van der Waals surface area (Å²) in [4.78, 5) is 26.6. The second-order valence-electron chi connectivity index (χ2n) is 6.56. The number of likely N-dealkylation sites (tertiary alicyclic amines) is 1. The Labute approximate surface area is 163 Å². The Bertz CT molecular complexity index is 577. The summed E-state index contributed by atoms with van der Waals surface area (Å²) >= 11 is 2.23. The molecule has 1 aliphatic heterocycles. The Morgan fingerprint density at radius 3 is 2.68 bits per heavy atom. The van der Waals surface area contributed by atoms with Gasteiger partial charge in [0.15, 0.2) is 6.61 Å². The molecule has 1 aromatic carbocycles. The zero-order valence-electron chi connectivity index (χ0n) is 15.0. The molecule has 1 aromatic rings. The summed E-state index contributed by atoms with van der Waals surface area (Å²) in [6, 6.07) is 7.76. The number of amides is 2. The number of hydrogen-bond acceptors (Lipinski definition) is 3. The number of carbonyl (C=O) groups is 2.